The first kappa shape index (κ1) is 22.1. The van der Waals surface area contributed by atoms with Crippen molar-refractivity contribution in [2.75, 3.05) is 19.6 Å². The first-order valence-electron chi connectivity index (χ1n) is 10.6. The smallest absolute Gasteiger partial charge is 0.318 e. The number of nitrogens with one attached hydrogen (secondary N) is 1. The van der Waals surface area contributed by atoms with E-state index in [1.807, 2.05) is 16.5 Å². The highest BCUT2D eigenvalue weighted by molar-refractivity contribution is 5.63. The van der Waals surface area contributed by atoms with E-state index in [0.29, 0.717) is 17.2 Å². The van der Waals surface area contributed by atoms with Crippen LogP contribution in [0.25, 0.3) is 16.9 Å². The molecule has 2 aliphatic heterocycles. The molecule has 176 valence electrons. The van der Waals surface area contributed by atoms with Crippen LogP contribution >= 0.6 is 0 Å². The number of hydrogen-bond donors (Lipinski definition) is 1. The predicted octanol–water partition coefficient (Wildman–Crippen LogP) is 2.00. The van der Waals surface area contributed by atoms with Crippen LogP contribution in [0, 0.1) is 11.3 Å². The molecule has 0 radical (unpaired) electrons. The number of hydrogen-bond acceptors (Lipinski definition) is 7. The maximum Gasteiger partial charge on any atom is 0.401 e. The van der Waals surface area contributed by atoms with Gasteiger partial charge in [0, 0.05) is 62.6 Å². The maximum atomic E-state index is 12.8. The molecule has 5 heterocycles. The number of aryl methyl sites for hydroxylation is 1. The van der Waals surface area contributed by atoms with E-state index >= 15 is 0 Å². The van der Waals surface area contributed by atoms with Crippen molar-refractivity contribution in [3.05, 3.63) is 65.2 Å². The minimum atomic E-state index is -4.28. The van der Waals surface area contributed by atoms with Gasteiger partial charge < -0.3 is 9.58 Å². The number of imidazole rings is 1. The minimum absolute atomic E-state index is 0.0808. The SMILES string of the molecule is Cn1cc(-c2cc3nccn3c(C3C=CN(C4(CC#N)CN(CC(F)(F)F)C4)N3)n2)ccc1=O. The lowest BCUT2D eigenvalue weighted by atomic mass is 9.86. The zero-order valence-electron chi connectivity index (χ0n) is 18.2. The zero-order valence-corrected chi connectivity index (χ0v) is 18.2. The molecule has 34 heavy (non-hydrogen) atoms. The van der Waals surface area contributed by atoms with Crippen LogP contribution < -0.4 is 11.0 Å². The highest BCUT2D eigenvalue weighted by atomic mass is 19.4. The van der Waals surface area contributed by atoms with Crippen molar-refractivity contribution in [1.82, 2.24) is 34.3 Å². The van der Waals surface area contributed by atoms with Gasteiger partial charge in [0.1, 0.15) is 17.5 Å². The Bertz CT molecular complexity index is 1360. The molecular weight excluding hydrogens is 449 g/mol. The summed E-state index contributed by atoms with van der Waals surface area (Å²) in [7, 11) is 1.66. The first-order chi connectivity index (χ1) is 16.2. The molecule has 1 fully saturated rings. The Morgan fingerprint density at radius 2 is 2.12 bits per heavy atom. The average Bonchev–Trinajstić information content (AvgIpc) is 3.42. The number of fused-ring (bicyclic) bond motifs is 1. The normalized spacial score (nSPS) is 20.0. The Labute approximate surface area is 192 Å². The Hall–Kier alpha value is -3.69. The van der Waals surface area contributed by atoms with Gasteiger partial charge in [-0.15, -0.1) is 0 Å². The van der Waals surface area contributed by atoms with Gasteiger partial charge >= 0.3 is 6.18 Å². The van der Waals surface area contributed by atoms with Gasteiger partial charge in [0.15, 0.2) is 0 Å². The Balaban J connectivity index is 1.43. The monoisotopic (exact) mass is 470 g/mol. The van der Waals surface area contributed by atoms with E-state index in [9.17, 15) is 23.2 Å². The first-order valence-corrected chi connectivity index (χ1v) is 10.6. The van der Waals surface area contributed by atoms with Crippen LogP contribution in [0.4, 0.5) is 13.2 Å². The van der Waals surface area contributed by atoms with Crippen molar-refractivity contribution in [3.63, 3.8) is 0 Å². The van der Waals surface area contributed by atoms with Crippen LogP contribution in [0.3, 0.4) is 0 Å². The minimum Gasteiger partial charge on any atom is -0.318 e. The molecule has 1 N–H and O–H groups in total. The number of likely N-dealkylation sites (tertiary alicyclic amines) is 1. The fraction of sp³-hybridized carbons (Fsp3) is 0.364. The highest BCUT2D eigenvalue weighted by Gasteiger charge is 2.51. The summed E-state index contributed by atoms with van der Waals surface area (Å²) in [6.07, 6.45) is 4.54. The van der Waals surface area contributed by atoms with Crippen molar-refractivity contribution in [2.45, 2.75) is 24.2 Å². The van der Waals surface area contributed by atoms with E-state index in [4.69, 9.17) is 4.98 Å². The lowest BCUT2D eigenvalue weighted by molar-refractivity contribution is -0.173. The third-order valence-electron chi connectivity index (χ3n) is 6.14. The predicted molar refractivity (Wildman–Crippen MR) is 116 cm³/mol. The number of nitrogens with zero attached hydrogens (tertiary/aromatic N) is 7. The van der Waals surface area contributed by atoms with Gasteiger partial charge in [0.05, 0.1) is 30.3 Å². The molecule has 9 nitrogen and oxygen atoms in total. The molecule has 0 saturated carbocycles. The van der Waals surface area contributed by atoms with Crippen LogP contribution in [-0.4, -0.2) is 60.2 Å². The number of aromatic nitrogens is 4. The molecule has 2 aliphatic rings. The van der Waals surface area contributed by atoms with Gasteiger partial charge in [-0.25, -0.2) is 15.4 Å². The van der Waals surface area contributed by atoms with Gasteiger partial charge in [-0.3, -0.25) is 14.1 Å². The van der Waals surface area contributed by atoms with Gasteiger partial charge in [-0.05, 0) is 12.1 Å². The molecule has 0 bridgehead atoms. The van der Waals surface area contributed by atoms with Crippen molar-refractivity contribution < 1.29 is 13.2 Å². The number of pyridine rings is 1. The molecule has 3 aromatic heterocycles. The van der Waals surface area contributed by atoms with Gasteiger partial charge in [0.25, 0.3) is 0 Å². The summed E-state index contributed by atoms with van der Waals surface area (Å²) in [6, 6.07) is 6.70. The molecule has 0 aliphatic carbocycles. The number of nitriles is 1. The second kappa shape index (κ2) is 7.96. The van der Waals surface area contributed by atoms with E-state index in [-0.39, 0.29) is 25.1 Å². The molecule has 5 rings (SSSR count). The topological polar surface area (TPSA) is 94.5 Å². The summed E-state index contributed by atoms with van der Waals surface area (Å²) in [5, 5.41) is 11.1. The van der Waals surface area contributed by atoms with E-state index in [2.05, 4.69) is 16.5 Å². The largest absolute Gasteiger partial charge is 0.401 e. The summed E-state index contributed by atoms with van der Waals surface area (Å²) in [5.41, 5.74) is 4.44. The lowest BCUT2D eigenvalue weighted by Gasteiger charge is -2.54. The Kier molecular flexibility index (Phi) is 5.18. The van der Waals surface area contributed by atoms with Crippen LogP contribution in [-0.2, 0) is 7.05 Å². The highest BCUT2D eigenvalue weighted by Crippen LogP contribution is 2.36. The summed E-state index contributed by atoms with van der Waals surface area (Å²) in [5.74, 6) is 0.621. The number of halogens is 3. The van der Waals surface area contributed by atoms with Crippen molar-refractivity contribution in [1.29, 1.82) is 5.26 Å². The van der Waals surface area contributed by atoms with Crippen molar-refractivity contribution in [2.24, 2.45) is 7.05 Å². The summed E-state index contributed by atoms with van der Waals surface area (Å²) < 4.78 is 41.6. The lowest BCUT2D eigenvalue weighted by Crippen LogP contribution is -2.71. The fourth-order valence-corrected chi connectivity index (χ4v) is 4.55. The summed E-state index contributed by atoms with van der Waals surface area (Å²) >= 11 is 0. The molecule has 1 atom stereocenters. The zero-order chi connectivity index (χ0) is 24.1. The van der Waals surface area contributed by atoms with Crippen LogP contribution in [0.1, 0.15) is 18.3 Å². The molecule has 12 heteroatoms. The second-order valence-electron chi connectivity index (χ2n) is 8.66. The molecule has 0 spiro atoms. The summed E-state index contributed by atoms with van der Waals surface area (Å²) in [6.45, 7) is -0.758. The standard InChI is InChI=1S/C22H21F3N8O/c1-30-11-15(2-3-19(30)34)17-10-18-27-7-9-32(18)20(28-17)16-4-8-33(29-16)21(5-6-26)12-31(13-21)14-22(23,24)25/h2-4,7-11,16,29H,5,12-14H2,1H3. The number of alkyl halides is 3. The number of hydrazine groups is 1. The third-order valence-corrected chi connectivity index (χ3v) is 6.14. The molecule has 3 aromatic rings. The van der Waals surface area contributed by atoms with E-state index in [1.54, 1.807) is 42.9 Å². The fourth-order valence-electron chi connectivity index (χ4n) is 4.55. The molecule has 0 aromatic carbocycles. The van der Waals surface area contributed by atoms with Gasteiger partial charge in [-0.2, -0.15) is 18.4 Å². The number of rotatable bonds is 5. The molecule has 0 amide bonds. The van der Waals surface area contributed by atoms with Crippen LogP contribution in [0.15, 0.2) is 53.9 Å². The Morgan fingerprint density at radius 3 is 2.82 bits per heavy atom. The molecule has 1 unspecified atom stereocenters. The van der Waals surface area contributed by atoms with Gasteiger partial charge in [-0.1, -0.05) is 0 Å². The maximum absolute atomic E-state index is 12.8. The van der Waals surface area contributed by atoms with Crippen molar-refractivity contribution in [3.8, 4) is 17.3 Å². The quantitative estimate of drug-likeness (QED) is 0.610. The molecule has 1 saturated heterocycles. The van der Waals surface area contributed by atoms with E-state index < -0.39 is 24.3 Å². The van der Waals surface area contributed by atoms with Crippen LogP contribution in [0.2, 0.25) is 0 Å². The van der Waals surface area contributed by atoms with Crippen molar-refractivity contribution >= 4 is 5.65 Å². The van der Waals surface area contributed by atoms with E-state index in [1.165, 1.54) is 15.5 Å². The second-order valence-corrected chi connectivity index (χ2v) is 8.66. The third kappa shape index (κ3) is 3.93. The van der Waals surface area contributed by atoms with E-state index in [0.717, 1.165) is 5.56 Å². The molecular formula is C22H21F3N8O. The van der Waals surface area contributed by atoms with Gasteiger partial charge in [0.2, 0.25) is 5.56 Å². The van der Waals surface area contributed by atoms with Crippen LogP contribution in [0.5, 0.6) is 0 Å². The Morgan fingerprint density at radius 1 is 1.32 bits per heavy atom. The average molecular weight is 470 g/mol. The summed E-state index contributed by atoms with van der Waals surface area (Å²) in [4.78, 5) is 22.3.